The van der Waals surface area contributed by atoms with E-state index in [9.17, 15) is 9.59 Å². The molecule has 0 atom stereocenters. The summed E-state index contributed by atoms with van der Waals surface area (Å²) >= 11 is 1.39. The number of unbranched alkanes of at least 4 members (excludes halogenated alkanes) is 2. The number of anilines is 1. The molecule has 116 valence electrons. The van der Waals surface area contributed by atoms with E-state index < -0.39 is 0 Å². The molecule has 2 N–H and O–H groups in total. The van der Waals surface area contributed by atoms with Crippen molar-refractivity contribution in [2.75, 3.05) is 11.9 Å². The van der Waals surface area contributed by atoms with Crippen LogP contribution in [0.4, 0.5) is 5.69 Å². The van der Waals surface area contributed by atoms with Crippen molar-refractivity contribution < 1.29 is 9.59 Å². The summed E-state index contributed by atoms with van der Waals surface area (Å²) in [5, 5.41) is 7.56. The van der Waals surface area contributed by atoms with Gasteiger partial charge in [0.05, 0.1) is 4.88 Å². The SMILES string of the molecule is CCCCCNC(=O)c1cccc(NC(=O)c2cccs2)c1. The van der Waals surface area contributed by atoms with Crippen LogP contribution in [0.1, 0.15) is 46.2 Å². The summed E-state index contributed by atoms with van der Waals surface area (Å²) in [6.45, 7) is 2.81. The van der Waals surface area contributed by atoms with Crippen LogP contribution in [0.25, 0.3) is 0 Å². The van der Waals surface area contributed by atoms with Crippen molar-refractivity contribution in [3.63, 3.8) is 0 Å². The molecule has 0 bridgehead atoms. The van der Waals surface area contributed by atoms with Crippen LogP contribution in [0.15, 0.2) is 41.8 Å². The van der Waals surface area contributed by atoms with Gasteiger partial charge in [-0.3, -0.25) is 9.59 Å². The Kier molecular flexibility index (Phi) is 6.15. The van der Waals surface area contributed by atoms with Crippen LogP contribution in [-0.2, 0) is 0 Å². The maximum Gasteiger partial charge on any atom is 0.265 e. The summed E-state index contributed by atoms with van der Waals surface area (Å²) in [6, 6.07) is 10.6. The molecular weight excluding hydrogens is 296 g/mol. The Bertz CT molecular complexity index is 623. The van der Waals surface area contributed by atoms with Crippen LogP contribution >= 0.6 is 11.3 Å². The Labute approximate surface area is 134 Å². The van der Waals surface area contributed by atoms with E-state index >= 15 is 0 Å². The Hall–Kier alpha value is -2.14. The first-order chi connectivity index (χ1) is 10.7. The number of amides is 2. The zero-order valence-corrected chi connectivity index (χ0v) is 13.4. The second kappa shape index (κ2) is 8.34. The molecule has 0 radical (unpaired) electrons. The minimum absolute atomic E-state index is 0.108. The zero-order chi connectivity index (χ0) is 15.8. The fraction of sp³-hybridized carbons (Fsp3) is 0.294. The largest absolute Gasteiger partial charge is 0.352 e. The van der Waals surface area contributed by atoms with Crippen molar-refractivity contribution in [2.24, 2.45) is 0 Å². The third-order valence-electron chi connectivity index (χ3n) is 3.19. The molecule has 0 unspecified atom stereocenters. The number of hydrogen-bond acceptors (Lipinski definition) is 3. The normalized spacial score (nSPS) is 10.2. The lowest BCUT2D eigenvalue weighted by Crippen LogP contribution is -2.24. The van der Waals surface area contributed by atoms with Gasteiger partial charge in [0.1, 0.15) is 0 Å². The molecule has 22 heavy (non-hydrogen) atoms. The molecule has 1 heterocycles. The lowest BCUT2D eigenvalue weighted by atomic mass is 10.1. The molecule has 2 aromatic rings. The highest BCUT2D eigenvalue weighted by Gasteiger charge is 2.09. The number of carbonyl (C=O) groups excluding carboxylic acids is 2. The molecule has 0 saturated heterocycles. The van der Waals surface area contributed by atoms with E-state index in [0.29, 0.717) is 22.7 Å². The fourth-order valence-electron chi connectivity index (χ4n) is 2.02. The Morgan fingerprint density at radius 3 is 2.68 bits per heavy atom. The van der Waals surface area contributed by atoms with Crippen molar-refractivity contribution in [2.45, 2.75) is 26.2 Å². The van der Waals surface area contributed by atoms with Crippen LogP contribution in [0, 0.1) is 0 Å². The summed E-state index contributed by atoms with van der Waals surface area (Å²) in [7, 11) is 0. The van der Waals surface area contributed by atoms with Crippen molar-refractivity contribution >= 4 is 28.8 Å². The standard InChI is InChI=1S/C17H20N2O2S/c1-2-3-4-10-18-16(20)13-7-5-8-14(12-13)19-17(21)15-9-6-11-22-15/h5-9,11-12H,2-4,10H2,1H3,(H,18,20)(H,19,21). The van der Waals surface area contributed by atoms with Gasteiger partial charge >= 0.3 is 0 Å². The predicted molar refractivity (Wildman–Crippen MR) is 90.6 cm³/mol. The Morgan fingerprint density at radius 1 is 1.09 bits per heavy atom. The van der Waals surface area contributed by atoms with Gasteiger partial charge in [-0.1, -0.05) is 31.9 Å². The molecule has 5 heteroatoms. The van der Waals surface area contributed by atoms with Gasteiger partial charge in [0, 0.05) is 17.8 Å². The van der Waals surface area contributed by atoms with E-state index in [1.807, 2.05) is 11.4 Å². The fourth-order valence-corrected chi connectivity index (χ4v) is 2.64. The molecular formula is C17H20N2O2S. The van der Waals surface area contributed by atoms with Crippen molar-refractivity contribution in [1.82, 2.24) is 5.32 Å². The topological polar surface area (TPSA) is 58.2 Å². The minimum atomic E-state index is -0.157. The maximum absolute atomic E-state index is 12.1. The van der Waals surface area contributed by atoms with Gasteiger partial charge in [0.2, 0.25) is 0 Å². The summed E-state index contributed by atoms with van der Waals surface area (Å²) in [5.41, 5.74) is 1.18. The minimum Gasteiger partial charge on any atom is -0.352 e. The van der Waals surface area contributed by atoms with Crippen molar-refractivity contribution in [3.05, 3.63) is 52.2 Å². The zero-order valence-electron chi connectivity index (χ0n) is 12.6. The van der Waals surface area contributed by atoms with Crippen LogP contribution in [0.3, 0.4) is 0 Å². The summed E-state index contributed by atoms with van der Waals surface area (Å²) in [4.78, 5) is 24.7. The number of hydrogen-bond donors (Lipinski definition) is 2. The van der Waals surface area contributed by atoms with E-state index in [2.05, 4.69) is 17.6 Å². The van der Waals surface area contributed by atoms with Gasteiger partial charge in [0.15, 0.2) is 0 Å². The monoisotopic (exact) mass is 316 g/mol. The molecule has 2 rings (SSSR count). The van der Waals surface area contributed by atoms with Gasteiger partial charge in [-0.2, -0.15) is 0 Å². The van der Waals surface area contributed by atoms with Crippen molar-refractivity contribution in [3.8, 4) is 0 Å². The summed E-state index contributed by atoms with van der Waals surface area (Å²) in [5.74, 6) is -0.265. The Morgan fingerprint density at radius 2 is 1.95 bits per heavy atom. The van der Waals surface area contributed by atoms with Gasteiger partial charge in [0.25, 0.3) is 11.8 Å². The molecule has 4 nitrogen and oxygen atoms in total. The first-order valence-electron chi connectivity index (χ1n) is 7.44. The third-order valence-corrected chi connectivity index (χ3v) is 4.06. The van der Waals surface area contributed by atoms with Gasteiger partial charge in [-0.05, 0) is 36.1 Å². The molecule has 0 saturated carbocycles. The number of rotatable bonds is 7. The van der Waals surface area contributed by atoms with Gasteiger partial charge in [-0.25, -0.2) is 0 Å². The highest BCUT2D eigenvalue weighted by molar-refractivity contribution is 7.12. The van der Waals surface area contributed by atoms with E-state index in [4.69, 9.17) is 0 Å². The smallest absolute Gasteiger partial charge is 0.265 e. The van der Waals surface area contributed by atoms with Crippen LogP contribution in [0.2, 0.25) is 0 Å². The third kappa shape index (κ3) is 4.70. The van der Waals surface area contributed by atoms with E-state index in [1.54, 1.807) is 30.3 Å². The van der Waals surface area contributed by atoms with E-state index in [-0.39, 0.29) is 11.8 Å². The number of nitrogens with one attached hydrogen (secondary N) is 2. The highest BCUT2D eigenvalue weighted by atomic mass is 32.1. The average Bonchev–Trinajstić information content (AvgIpc) is 3.06. The summed E-state index contributed by atoms with van der Waals surface area (Å²) in [6.07, 6.45) is 3.22. The van der Waals surface area contributed by atoms with Crippen LogP contribution in [-0.4, -0.2) is 18.4 Å². The summed E-state index contributed by atoms with van der Waals surface area (Å²) < 4.78 is 0. The molecule has 0 spiro atoms. The quantitative estimate of drug-likeness (QED) is 0.761. The van der Waals surface area contributed by atoms with E-state index in [0.717, 1.165) is 19.3 Å². The molecule has 2 amide bonds. The highest BCUT2D eigenvalue weighted by Crippen LogP contribution is 2.15. The van der Waals surface area contributed by atoms with Gasteiger partial charge < -0.3 is 10.6 Å². The number of benzene rings is 1. The predicted octanol–water partition coefficient (Wildman–Crippen LogP) is 3.92. The first-order valence-corrected chi connectivity index (χ1v) is 8.32. The van der Waals surface area contributed by atoms with Crippen molar-refractivity contribution in [1.29, 1.82) is 0 Å². The molecule has 0 fully saturated rings. The lowest BCUT2D eigenvalue weighted by molar-refractivity contribution is 0.0951. The van der Waals surface area contributed by atoms with Gasteiger partial charge in [-0.15, -0.1) is 11.3 Å². The second-order valence-electron chi connectivity index (χ2n) is 4.98. The molecule has 1 aromatic heterocycles. The van der Waals surface area contributed by atoms with Crippen LogP contribution in [0.5, 0.6) is 0 Å². The molecule has 1 aromatic carbocycles. The number of thiophene rings is 1. The molecule has 0 aliphatic carbocycles. The lowest BCUT2D eigenvalue weighted by Gasteiger charge is -2.07. The average molecular weight is 316 g/mol. The maximum atomic E-state index is 12.1. The Balaban J connectivity index is 1.94. The number of carbonyl (C=O) groups is 2. The first kappa shape index (κ1) is 16.2. The molecule has 0 aliphatic heterocycles. The van der Waals surface area contributed by atoms with Crippen LogP contribution < -0.4 is 10.6 Å². The van der Waals surface area contributed by atoms with E-state index in [1.165, 1.54) is 11.3 Å². The second-order valence-corrected chi connectivity index (χ2v) is 5.92. The molecule has 0 aliphatic rings.